The highest BCUT2D eigenvalue weighted by Gasteiger charge is 2.16. The van der Waals surface area contributed by atoms with Gasteiger partial charge in [-0.05, 0) is 24.3 Å². The van der Waals surface area contributed by atoms with Gasteiger partial charge in [-0.1, -0.05) is 56.1 Å². The molecule has 3 rings (SSSR count). The van der Waals surface area contributed by atoms with Crippen LogP contribution in [0.15, 0.2) is 28.8 Å². The van der Waals surface area contributed by atoms with E-state index in [0.717, 1.165) is 5.56 Å². The number of nitrogens with zero attached hydrogens (tertiary/aromatic N) is 2. The predicted octanol–water partition coefficient (Wildman–Crippen LogP) is 3.89. The first kappa shape index (κ1) is 14.3. The highest BCUT2D eigenvalue weighted by Crippen LogP contribution is 2.21. The van der Waals surface area contributed by atoms with Gasteiger partial charge in [0.25, 0.3) is 0 Å². The second kappa shape index (κ2) is 6.39. The van der Waals surface area contributed by atoms with Crippen molar-refractivity contribution in [2.24, 2.45) is 0 Å². The van der Waals surface area contributed by atoms with Crippen molar-refractivity contribution in [1.29, 1.82) is 0 Å². The van der Waals surface area contributed by atoms with Crippen LogP contribution in [-0.4, -0.2) is 16.2 Å². The lowest BCUT2D eigenvalue weighted by molar-refractivity contribution is 0.357. The van der Waals surface area contributed by atoms with Crippen LogP contribution < -0.4 is 5.32 Å². The Hall–Kier alpha value is -1.68. The van der Waals surface area contributed by atoms with Crippen LogP contribution in [0, 0.1) is 0 Å². The first-order valence-corrected chi connectivity index (χ1v) is 7.88. The fraction of sp³-hybridized carbons (Fsp3) is 0.529. The SMILES string of the molecule is CC(C)c1ccc(-c2noc(CNC3CCCC3)n2)cc1. The first-order valence-electron chi connectivity index (χ1n) is 7.88. The van der Waals surface area contributed by atoms with Crippen molar-refractivity contribution in [1.82, 2.24) is 15.5 Å². The van der Waals surface area contributed by atoms with Crippen molar-refractivity contribution in [3.63, 3.8) is 0 Å². The molecule has 0 saturated heterocycles. The lowest BCUT2D eigenvalue weighted by atomic mass is 10.0. The van der Waals surface area contributed by atoms with Gasteiger partial charge in [0.1, 0.15) is 0 Å². The van der Waals surface area contributed by atoms with Crippen molar-refractivity contribution in [3.8, 4) is 11.4 Å². The zero-order valence-corrected chi connectivity index (χ0v) is 12.8. The molecule has 1 aliphatic rings. The Morgan fingerprint density at radius 1 is 1.19 bits per heavy atom. The third kappa shape index (κ3) is 3.50. The maximum Gasteiger partial charge on any atom is 0.240 e. The fourth-order valence-electron chi connectivity index (χ4n) is 2.82. The maximum atomic E-state index is 5.33. The molecule has 0 spiro atoms. The van der Waals surface area contributed by atoms with Gasteiger partial charge in [0.2, 0.25) is 11.7 Å². The van der Waals surface area contributed by atoms with E-state index < -0.39 is 0 Å². The third-order valence-electron chi connectivity index (χ3n) is 4.20. The summed E-state index contributed by atoms with van der Waals surface area (Å²) in [5, 5.41) is 7.57. The number of benzene rings is 1. The van der Waals surface area contributed by atoms with Gasteiger partial charge >= 0.3 is 0 Å². The van der Waals surface area contributed by atoms with Crippen LogP contribution in [0.1, 0.15) is 56.9 Å². The van der Waals surface area contributed by atoms with Gasteiger partial charge in [-0.2, -0.15) is 4.98 Å². The molecule has 112 valence electrons. The maximum absolute atomic E-state index is 5.33. The summed E-state index contributed by atoms with van der Waals surface area (Å²) in [6, 6.07) is 9.01. The van der Waals surface area contributed by atoms with Crippen LogP contribution in [-0.2, 0) is 6.54 Å². The Bertz CT molecular complexity index is 568. The quantitative estimate of drug-likeness (QED) is 0.905. The predicted molar refractivity (Wildman–Crippen MR) is 82.9 cm³/mol. The summed E-state index contributed by atoms with van der Waals surface area (Å²) in [5.74, 6) is 1.88. The molecular weight excluding hydrogens is 262 g/mol. The Morgan fingerprint density at radius 3 is 2.57 bits per heavy atom. The Morgan fingerprint density at radius 2 is 1.90 bits per heavy atom. The summed E-state index contributed by atoms with van der Waals surface area (Å²) < 4.78 is 5.33. The van der Waals surface area contributed by atoms with E-state index in [2.05, 4.69) is 53.6 Å². The minimum atomic E-state index is 0.537. The van der Waals surface area contributed by atoms with Crippen molar-refractivity contribution in [2.45, 2.75) is 58.0 Å². The van der Waals surface area contributed by atoms with Crippen LogP contribution >= 0.6 is 0 Å². The number of aromatic nitrogens is 2. The number of hydrogen-bond acceptors (Lipinski definition) is 4. The lowest BCUT2D eigenvalue weighted by Gasteiger charge is -2.08. The number of nitrogens with one attached hydrogen (secondary N) is 1. The molecule has 0 bridgehead atoms. The molecule has 21 heavy (non-hydrogen) atoms. The Labute approximate surface area is 126 Å². The number of rotatable bonds is 5. The summed E-state index contributed by atoms with van der Waals surface area (Å²) >= 11 is 0. The highest BCUT2D eigenvalue weighted by atomic mass is 16.5. The zero-order valence-electron chi connectivity index (χ0n) is 12.8. The van der Waals surface area contributed by atoms with Gasteiger partial charge in [-0.3, -0.25) is 0 Å². The van der Waals surface area contributed by atoms with E-state index in [9.17, 15) is 0 Å². The molecule has 4 heteroatoms. The van der Waals surface area contributed by atoms with Crippen LogP contribution in [0.4, 0.5) is 0 Å². The van der Waals surface area contributed by atoms with E-state index in [1.54, 1.807) is 0 Å². The van der Waals surface area contributed by atoms with Crippen LogP contribution in [0.25, 0.3) is 11.4 Å². The van der Waals surface area contributed by atoms with E-state index in [1.807, 2.05) is 0 Å². The van der Waals surface area contributed by atoms with Crippen molar-refractivity contribution < 1.29 is 4.52 Å². The molecule has 1 heterocycles. The Balaban J connectivity index is 1.63. The molecule has 1 aromatic carbocycles. The molecule has 2 aromatic rings. The molecule has 0 unspecified atom stereocenters. The average molecular weight is 285 g/mol. The zero-order chi connectivity index (χ0) is 14.7. The monoisotopic (exact) mass is 285 g/mol. The average Bonchev–Trinajstić information content (AvgIpc) is 3.17. The molecule has 1 saturated carbocycles. The van der Waals surface area contributed by atoms with Gasteiger partial charge in [0.15, 0.2) is 0 Å². The Kier molecular flexibility index (Phi) is 4.34. The molecule has 0 radical (unpaired) electrons. The normalized spacial score (nSPS) is 16.0. The van der Waals surface area contributed by atoms with Gasteiger partial charge in [-0.25, -0.2) is 0 Å². The van der Waals surface area contributed by atoms with E-state index in [1.165, 1.54) is 31.2 Å². The molecule has 0 aliphatic heterocycles. The van der Waals surface area contributed by atoms with Gasteiger partial charge < -0.3 is 9.84 Å². The van der Waals surface area contributed by atoms with Gasteiger partial charge in [-0.15, -0.1) is 0 Å². The number of hydrogen-bond donors (Lipinski definition) is 1. The largest absolute Gasteiger partial charge is 0.338 e. The summed E-state index contributed by atoms with van der Waals surface area (Å²) in [4.78, 5) is 4.48. The van der Waals surface area contributed by atoms with Crippen LogP contribution in [0.2, 0.25) is 0 Å². The second-order valence-corrected chi connectivity index (χ2v) is 6.15. The smallest absolute Gasteiger partial charge is 0.240 e. The second-order valence-electron chi connectivity index (χ2n) is 6.15. The van der Waals surface area contributed by atoms with Crippen molar-refractivity contribution in [2.75, 3.05) is 0 Å². The van der Waals surface area contributed by atoms with Gasteiger partial charge in [0, 0.05) is 11.6 Å². The molecule has 4 nitrogen and oxygen atoms in total. The summed E-state index contributed by atoms with van der Waals surface area (Å²) in [7, 11) is 0. The molecule has 1 aromatic heterocycles. The molecule has 1 fully saturated rings. The lowest BCUT2D eigenvalue weighted by Crippen LogP contribution is -2.25. The van der Waals surface area contributed by atoms with Crippen LogP contribution in [0.3, 0.4) is 0 Å². The summed E-state index contributed by atoms with van der Waals surface area (Å²) in [5.41, 5.74) is 2.33. The third-order valence-corrected chi connectivity index (χ3v) is 4.20. The summed E-state index contributed by atoms with van der Waals surface area (Å²) in [6.07, 6.45) is 5.18. The van der Waals surface area contributed by atoms with E-state index in [0.29, 0.717) is 30.2 Å². The molecule has 0 amide bonds. The van der Waals surface area contributed by atoms with Gasteiger partial charge in [0.05, 0.1) is 6.54 Å². The van der Waals surface area contributed by atoms with E-state index >= 15 is 0 Å². The van der Waals surface area contributed by atoms with Crippen LogP contribution in [0.5, 0.6) is 0 Å². The molecule has 0 atom stereocenters. The molecule has 1 aliphatic carbocycles. The van der Waals surface area contributed by atoms with E-state index in [-0.39, 0.29) is 0 Å². The first-order chi connectivity index (χ1) is 10.2. The minimum absolute atomic E-state index is 0.537. The highest BCUT2D eigenvalue weighted by molar-refractivity contribution is 5.54. The standard InChI is InChI=1S/C17H23N3O/c1-12(2)13-7-9-14(10-8-13)17-19-16(21-20-17)11-18-15-5-3-4-6-15/h7-10,12,15,18H,3-6,11H2,1-2H3. The van der Waals surface area contributed by atoms with Crippen molar-refractivity contribution >= 4 is 0 Å². The topological polar surface area (TPSA) is 51.0 Å². The summed E-state index contributed by atoms with van der Waals surface area (Å²) in [6.45, 7) is 5.05. The minimum Gasteiger partial charge on any atom is -0.338 e. The fourth-order valence-corrected chi connectivity index (χ4v) is 2.82. The van der Waals surface area contributed by atoms with Crippen molar-refractivity contribution in [3.05, 3.63) is 35.7 Å². The molecular formula is C17H23N3O. The van der Waals surface area contributed by atoms with E-state index in [4.69, 9.17) is 4.52 Å². The molecule has 1 N–H and O–H groups in total.